The molecular formula is C24H39N3O5S. The summed E-state index contributed by atoms with van der Waals surface area (Å²) < 4.78 is 5.28. The SMILES string of the molecule is CCCCNC(=O)C(c1cccc(C)c1O)N(CCC)C(=O)C(CS)NC(=O)OC(C)(C)C. The van der Waals surface area contributed by atoms with Gasteiger partial charge < -0.3 is 25.4 Å². The van der Waals surface area contributed by atoms with E-state index in [1.807, 2.05) is 13.8 Å². The van der Waals surface area contributed by atoms with Gasteiger partial charge in [0, 0.05) is 24.4 Å². The van der Waals surface area contributed by atoms with Crippen LogP contribution in [0, 0.1) is 6.92 Å². The maximum absolute atomic E-state index is 13.6. The number of hydrogen-bond donors (Lipinski definition) is 4. The molecule has 0 spiro atoms. The molecule has 186 valence electrons. The first-order valence-electron chi connectivity index (χ1n) is 11.4. The van der Waals surface area contributed by atoms with Crippen LogP contribution in [0.25, 0.3) is 0 Å². The van der Waals surface area contributed by atoms with Gasteiger partial charge in [-0.05, 0) is 46.1 Å². The van der Waals surface area contributed by atoms with E-state index < -0.39 is 29.7 Å². The minimum Gasteiger partial charge on any atom is -0.507 e. The highest BCUT2D eigenvalue weighted by molar-refractivity contribution is 7.80. The number of benzene rings is 1. The average molecular weight is 482 g/mol. The number of para-hydroxylation sites is 1. The summed E-state index contributed by atoms with van der Waals surface area (Å²) in [5.74, 6) is -0.886. The highest BCUT2D eigenvalue weighted by atomic mass is 32.1. The number of carbonyl (C=O) groups excluding carboxylic acids is 3. The molecule has 0 aliphatic carbocycles. The monoisotopic (exact) mass is 481 g/mol. The lowest BCUT2D eigenvalue weighted by Crippen LogP contribution is -2.54. The van der Waals surface area contributed by atoms with Crippen molar-refractivity contribution in [2.45, 2.75) is 78.5 Å². The molecule has 8 nitrogen and oxygen atoms in total. The minimum absolute atomic E-state index is 0.0161. The highest BCUT2D eigenvalue weighted by Crippen LogP contribution is 2.32. The average Bonchev–Trinajstić information content (AvgIpc) is 2.73. The third-order valence-corrected chi connectivity index (χ3v) is 5.24. The number of unbranched alkanes of at least 4 members (excludes halogenated alkanes) is 1. The molecule has 0 bridgehead atoms. The van der Waals surface area contributed by atoms with E-state index in [0.717, 1.165) is 12.8 Å². The van der Waals surface area contributed by atoms with Crippen LogP contribution in [0.2, 0.25) is 0 Å². The molecule has 33 heavy (non-hydrogen) atoms. The van der Waals surface area contributed by atoms with Crippen LogP contribution in [0.4, 0.5) is 4.79 Å². The number of aryl methyl sites for hydroxylation is 1. The van der Waals surface area contributed by atoms with Crippen LogP contribution in [-0.4, -0.2) is 58.4 Å². The van der Waals surface area contributed by atoms with Crippen LogP contribution >= 0.6 is 12.6 Å². The molecule has 1 aromatic rings. The zero-order valence-electron chi connectivity index (χ0n) is 20.6. The number of aromatic hydroxyl groups is 1. The fraction of sp³-hybridized carbons (Fsp3) is 0.625. The number of nitrogens with one attached hydrogen (secondary N) is 2. The van der Waals surface area contributed by atoms with Crippen molar-refractivity contribution in [1.82, 2.24) is 15.5 Å². The zero-order valence-corrected chi connectivity index (χ0v) is 21.5. The summed E-state index contributed by atoms with van der Waals surface area (Å²) in [4.78, 5) is 40.5. The largest absolute Gasteiger partial charge is 0.507 e. The lowest BCUT2D eigenvalue weighted by Gasteiger charge is -2.34. The second-order valence-corrected chi connectivity index (χ2v) is 9.34. The fourth-order valence-electron chi connectivity index (χ4n) is 3.28. The van der Waals surface area contributed by atoms with E-state index in [2.05, 4.69) is 23.3 Å². The van der Waals surface area contributed by atoms with Crippen LogP contribution in [0.5, 0.6) is 5.75 Å². The van der Waals surface area contributed by atoms with Crippen LogP contribution in [0.1, 0.15) is 71.0 Å². The topological polar surface area (TPSA) is 108 Å². The van der Waals surface area contributed by atoms with Crippen molar-refractivity contribution in [2.75, 3.05) is 18.8 Å². The molecule has 3 N–H and O–H groups in total. The first-order valence-corrected chi connectivity index (χ1v) is 12.1. The Kier molecular flexibility index (Phi) is 11.6. The van der Waals surface area contributed by atoms with Crippen molar-refractivity contribution in [2.24, 2.45) is 0 Å². The van der Waals surface area contributed by atoms with Gasteiger partial charge in [0.1, 0.15) is 23.4 Å². The Balaban J connectivity index is 3.35. The molecule has 1 rings (SSSR count). The predicted molar refractivity (Wildman–Crippen MR) is 133 cm³/mol. The standard InChI is InChI=1S/C24H39N3O5S/c1-7-9-13-25-21(29)19(17-12-10-11-16(3)20(17)28)27(14-8-2)22(30)18(15-33)26-23(31)32-24(4,5)6/h10-12,18-19,28,33H,7-9,13-15H2,1-6H3,(H,25,29)(H,26,31). The number of alkyl carbamates (subject to hydrolysis) is 1. The molecule has 2 unspecified atom stereocenters. The van der Waals surface area contributed by atoms with Crippen molar-refractivity contribution in [3.63, 3.8) is 0 Å². The fourth-order valence-corrected chi connectivity index (χ4v) is 3.53. The molecule has 0 saturated carbocycles. The Morgan fingerprint density at radius 3 is 2.39 bits per heavy atom. The van der Waals surface area contributed by atoms with Crippen molar-refractivity contribution in [3.8, 4) is 5.75 Å². The summed E-state index contributed by atoms with van der Waals surface area (Å²) in [5.41, 5.74) is 0.202. The normalized spacial score (nSPS) is 13.1. The summed E-state index contributed by atoms with van der Waals surface area (Å²) in [7, 11) is 0. The molecule has 2 atom stereocenters. The number of carbonyl (C=O) groups is 3. The summed E-state index contributed by atoms with van der Waals surface area (Å²) in [6.07, 6.45) is 1.52. The van der Waals surface area contributed by atoms with Gasteiger partial charge >= 0.3 is 6.09 Å². The number of ether oxygens (including phenoxy) is 1. The molecule has 0 saturated heterocycles. The maximum Gasteiger partial charge on any atom is 0.408 e. The van der Waals surface area contributed by atoms with Crippen molar-refractivity contribution in [1.29, 1.82) is 0 Å². The molecule has 0 radical (unpaired) electrons. The van der Waals surface area contributed by atoms with Gasteiger partial charge in [-0.1, -0.05) is 38.5 Å². The molecule has 0 fully saturated rings. The Bertz CT molecular complexity index is 810. The van der Waals surface area contributed by atoms with Gasteiger partial charge in [0.25, 0.3) is 0 Å². The minimum atomic E-state index is -1.06. The number of phenols is 1. The van der Waals surface area contributed by atoms with Crippen LogP contribution in [0.15, 0.2) is 18.2 Å². The summed E-state index contributed by atoms with van der Waals surface area (Å²) in [5, 5.41) is 16.2. The molecule has 0 heterocycles. The summed E-state index contributed by atoms with van der Waals surface area (Å²) in [6.45, 7) is 11.5. The Labute approximate surface area is 202 Å². The first-order chi connectivity index (χ1) is 15.5. The van der Waals surface area contributed by atoms with E-state index in [-0.39, 0.29) is 24.0 Å². The maximum atomic E-state index is 13.6. The number of rotatable bonds is 11. The van der Waals surface area contributed by atoms with Gasteiger partial charge in [-0.25, -0.2) is 4.79 Å². The third-order valence-electron chi connectivity index (χ3n) is 4.87. The second kappa shape index (κ2) is 13.3. The highest BCUT2D eigenvalue weighted by Gasteiger charge is 2.36. The van der Waals surface area contributed by atoms with E-state index in [4.69, 9.17) is 4.74 Å². The smallest absolute Gasteiger partial charge is 0.408 e. The lowest BCUT2D eigenvalue weighted by molar-refractivity contribution is -0.142. The number of hydrogen-bond acceptors (Lipinski definition) is 6. The molecule has 0 aromatic heterocycles. The summed E-state index contributed by atoms with van der Waals surface area (Å²) in [6, 6.07) is 3.04. The van der Waals surface area contributed by atoms with E-state index in [9.17, 15) is 19.5 Å². The number of thiol groups is 1. The molecule has 0 aliphatic heterocycles. The van der Waals surface area contributed by atoms with Crippen LogP contribution in [0.3, 0.4) is 0 Å². The molecule has 0 aliphatic rings. The molecule has 1 aromatic carbocycles. The van der Waals surface area contributed by atoms with Crippen molar-refractivity contribution < 1.29 is 24.2 Å². The van der Waals surface area contributed by atoms with Gasteiger partial charge in [0.05, 0.1) is 0 Å². The lowest BCUT2D eigenvalue weighted by atomic mass is 9.99. The number of amides is 3. The first kappa shape index (κ1) is 28.6. The third kappa shape index (κ3) is 8.79. The Hall–Kier alpha value is -2.42. The van der Waals surface area contributed by atoms with Gasteiger partial charge in [0.2, 0.25) is 11.8 Å². The van der Waals surface area contributed by atoms with Gasteiger partial charge in [0.15, 0.2) is 0 Å². The van der Waals surface area contributed by atoms with Gasteiger partial charge in [-0.3, -0.25) is 9.59 Å². The van der Waals surface area contributed by atoms with E-state index in [1.54, 1.807) is 45.9 Å². The van der Waals surface area contributed by atoms with E-state index in [0.29, 0.717) is 24.1 Å². The van der Waals surface area contributed by atoms with E-state index >= 15 is 0 Å². The number of nitrogens with zero attached hydrogens (tertiary/aromatic N) is 1. The Morgan fingerprint density at radius 2 is 1.85 bits per heavy atom. The van der Waals surface area contributed by atoms with Gasteiger partial charge in [-0.15, -0.1) is 0 Å². The van der Waals surface area contributed by atoms with Crippen molar-refractivity contribution >= 4 is 30.5 Å². The van der Waals surface area contributed by atoms with Crippen molar-refractivity contribution in [3.05, 3.63) is 29.3 Å². The molecule has 3 amide bonds. The quantitative estimate of drug-likeness (QED) is 0.285. The number of phenolic OH excluding ortho intramolecular Hbond substituents is 1. The zero-order chi connectivity index (χ0) is 25.2. The predicted octanol–water partition coefficient (Wildman–Crippen LogP) is 3.72. The van der Waals surface area contributed by atoms with E-state index in [1.165, 1.54) is 4.90 Å². The second-order valence-electron chi connectivity index (χ2n) is 8.97. The Morgan fingerprint density at radius 1 is 1.18 bits per heavy atom. The molecular weight excluding hydrogens is 442 g/mol. The van der Waals surface area contributed by atoms with Gasteiger partial charge in [-0.2, -0.15) is 12.6 Å². The van der Waals surface area contributed by atoms with Crippen LogP contribution < -0.4 is 10.6 Å². The molecule has 9 heteroatoms. The van der Waals surface area contributed by atoms with Crippen LogP contribution in [-0.2, 0) is 14.3 Å². The summed E-state index contributed by atoms with van der Waals surface area (Å²) >= 11 is 4.25.